The van der Waals surface area contributed by atoms with E-state index in [1.807, 2.05) is 49.4 Å². The summed E-state index contributed by atoms with van der Waals surface area (Å²) in [4.78, 5) is 11.9. The van der Waals surface area contributed by atoms with E-state index >= 15 is 0 Å². The fourth-order valence-electron chi connectivity index (χ4n) is 3.80. The van der Waals surface area contributed by atoms with Crippen molar-refractivity contribution in [1.29, 1.82) is 0 Å². The quantitative estimate of drug-likeness (QED) is 0.704. The Labute approximate surface area is 160 Å². The molecule has 0 saturated carbocycles. The van der Waals surface area contributed by atoms with E-state index in [-0.39, 0.29) is 12.1 Å². The Morgan fingerprint density at radius 2 is 2.14 bits per heavy atom. The number of aromatic nitrogens is 2. The van der Waals surface area contributed by atoms with Crippen LogP contribution in [0.4, 0.5) is 0 Å². The van der Waals surface area contributed by atoms with Crippen LogP contribution in [0.1, 0.15) is 23.1 Å². The van der Waals surface area contributed by atoms with Crippen LogP contribution in [0.5, 0.6) is 0 Å². The number of methoxy groups -OCH3 is 1. The molecule has 3 aromatic rings. The summed E-state index contributed by atoms with van der Waals surface area (Å²) in [5.74, 6) is 0.401. The number of hydrogen-bond acceptors (Lipinski definition) is 6. The summed E-state index contributed by atoms with van der Waals surface area (Å²) in [5, 5.41) is 9.76. The molecule has 7 nitrogen and oxygen atoms in total. The lowest BCUT2D eigenvalue weighted by molar-refractivity contribution is -0.135. The van der Waals surface area contributed by atoms with Gasteiger partial charge in [0, 0.05) is 17.0 Å². The zero-order valence-electron chi connectivity index (χ0n) is 15.5. The van der Waals surface area contributed by atoms with Gasteiger partial charge in [-0.1, -0.05) is 41.6 Å². The minimum atomic E-state index is -0.339. The third kappa shape index (κ3) is 2.40. The molecule has 5 rings (SSSR count). The van der Waals surface area contributed by atoms with E-state index in [9.17, 15) is 4.79 Å². The number of rotatable bonds is 3. The van der Waals surface area contributed by atoms with Gasteiger partial charge in [-0.25, -0.2) is 4.79 Å². The molecule has 0 saturated heterocycles. The van der Waals surface area contributed by atoms with Crippen molar-refractivity contribution >= 4 is 12.0 Å². The average molecular weight is 374 g/mol. The number of nitrogens with one attached hydrogen (secondary N) is 1. The maximum atomic E-state index is 11.9. The van der Waals surface area contributed by atoms with Gasteiger partial charge in [0.25, 0.3) is 0 Å². The van der Waals surface area contributed by atoms with Crippen molar-refractivity contribution < 1.29 is 14.1 Å². The maximum Gasteiger partial charge on any atom is 0.337 e. The van der Waals surface area contributed by atoms with Crippen molar-refractivity contribution in [2.45, 2.75) is 19.5 Å². The third-order valence-corrected chi connectivity index (χ3v) is 5.19. The van der Waals surface area contributed by atoms with Crippen molar-refractivity contribution in [3.63, 3.8) is 0 Å². The van der Waals surface area contributed by atoms with E-state index in [0.29, 0.717) is 12.0 Å². The molecule has 1 unspecified atom stereocenters. The Kier molecular flexibility index (Phi) is 3.68. The number of carbonyl (C=O) groups is 1. The molecule has 2 aliphatic rings. The van der Waals surface area contributed by atoms with Gasteiger partial charge in [0.05, 0.1) is 18.2 Å². The predicted molar refractivity (Wildman–Crippen MR) is 101 cm³/mol. The summed E-state index contributed by atoms with van der Waals surface area (Å²) in [6, 6.07) is 9.94. The molecule has 3 heterocycles. The molecular weight excluding hydrogens is 356 g/mol. The molecule has 140 valence electrons. The zero-order valence-corrected chi connectivity index (χ0v) is 15.5. The number of esters is 1. The summed E-state index contributed by atoms with van der Waals surface area (Å²) in [6.45, 7) is 1.90. The van der Waals surface area contributed by atoms with E-state index in [0.717, 1.165) is 38.9 Å². The lowest BCUT2D eigenvalue weighted by Gasteiger charge is -2.14. The molecule has 28 heavy (non-hydrogen) atoms. The van der Waals surface area contributed by atoms with Crippen molar-refractivity contribution in [2.24, 2.45) is 5.10 Å². The number of ether oxygens (including phenoxy) is 1. The van der Waals surface area contributed by atoms with Crippen LogP contribution in [0.15, 0.2) is 57.8 Å². The normalized spacial score (nSPS) is 16.9. The second kappa shape index (κ2) is 6.23. The predicted octanol–water partition coefficient (Wildman–Crippen LogP) is 1.57. The first-order valence-electron chi connectivity index (χ1n) is 9.02. The van der Waals surface area contributed by atoms with Crippen molar-refractivity contribution in [3.05, 3.63) is 75.8 Å². The number of allylic oxidation sites excluding steroid dienone is 1. The first-order chi connectivity index (χ1) is 13.7. The number of carbonyl (C=O) groups excluding carboxylic acids is 1. The summed E-state index contributed by atoms with van der Waals surface area (Å²) in [7, 11) is 1.39. The van der Waals surface area contributed by atoms with E-state index in [1.165, 1.54) is 7.11 Å². The highest BCUT2D eigenvalue weighted by atomic mass is 16.5. The van der Waals surface area contributed by atoms with Gasteiger partial charge in [0.2, 0.25) is 0 Å². The summed E-state index contributed by atoms with van der Waals surface area (Å²) < 4.78 is 12.4. The number of nitrogens with zero attached hydrogens (tertiary/aromatic N) is 3. The lowest BCUT2D eigenvalue weighted by Crippen LogP contribution is -2.30. The van der Waals surface area contributed by atoms with Crippen LogP contribution < -0.4 is 16.1 Å². The molecule has 1 N–H and O–H groups in total. The monoisotopic (exact) mass is 374 g/mol. The van der Waals surface area contributed by atoms with Crippen molar-refractivity contribution in [1.82, 2.24) is 15.1 Å². The Hall–Kier alpha value is -3.61. The molecule has 0 radical (unpaired) electrons. The second-order valence-corrected chi connectivity index (χ2v) is 6.81. The number of benzene rings is 1. The van der Waals surface area contributed by atoms with E-state index < -0.39 is 0 Å². The molecular formula is C21H18N4O3. The van der Waals surface area contributed by atoms with Crippen LogP contribution in [-0.2, 0) is 16.0 Å². The van der Waals surface area contributed by atoms with Crippen LogP contribution in [0.3, 0.4) is 0 Å². The molecule has 0 spiro atoms. The minimum Gasteiger partial charge on any atom is -0.465 e. The van der Waals surface area contributed by atoms with Gasteiger partial charge in [-0.15, -0.1) is 0 Å². The molecule has 1 aliphatic carbocycles. The van der Waals surface area contributed by atoms with Gasteiger partial charge in [0.1, 0.15) is 11.5 Å². The SMILES string of the molecule is COC(=O)C1=CCc2cn3c(c2=C1)=NNC3c1c(-c2ccccc2)noc1C. The second-order valence-electron chi connectivity index (χ2n) is 6.81. The Bertz CT molecular complexity index is 1230. The molecule has 1 aromatic carbocycles. The number of aryl methyl sites for hydroxylation is 1. The Morgan fingerprint density at radius 1 is 1.32 bits per heavy atom. The Morgan fingerprint density at radius 3 is 2.93 bits per heavy atom. The smallest absolute Gasteiger partial charge is 0.337 e. The molecule has 1 atom stereocenters. The van der Waals surface area contributed by atoms with E-state index in [1.54, 1.807) is 0 Å². The van der Waals surface area contributed by atoms with Gasteiger partial charge in [0.15, 0.2) is 11.7 Å². The highest BCUT2D eigenvalue weighted by Gasteiger charge is 2.29. The van der Waals surface area contributed by atoms with Gasteiger partial charge in [-0.3, -0.25) is 5.43 Å². The van der Waals surface area contributed by atoms with Crippen LogP contribution in [0.2, 0.25) is 0 Å². The molecule has 1 aliphatic heterocycles. The summed E-state index contributed by atoms with van der Waals surface area (Å²) >= 11 is 0. The van der Waals surface area contributed by atoms with Crippen LogP contribution >= 0.6 is 0 Å². The van der Waals surface area contributed by atoms with Crippen LogP contribution in [0.25, 0.3) is 17.3 Å². The number of hydrogen-bond donors (Lipinski definition) is 1. The molecule has 0 bridgehead atoms. The Balaban J connectivity index is 1.62. The highest BCUT2D eigenvalue weighted by molar-refractivity contribution is 5.98. The topological polar surface area (TPSA) is 81.7 Å². The maximum absolute atomic E-state index is 11.9. The summed E-state index contributed by atoms with van der Waals surface area (Å²) in [5.41, 5.74) is 8.38. The van der Waals surface area contributed by atoms with Gasteiger partial charge in [-0.05, 0) is 25.0 Å². The van der Waals surface area contributed by atoms with Crippen molar-refractivity contribution in [3.8, 4) is 11.3 Å². The zero-order chi connectivity index (χ0) is 19.3. The van der Waals surface area contributed by atoms with Gasteiger partial charge in [-0.2, -0.15) is 5.10 Å². The largest absolute Gasteiger partial charge is 0.465 e. The highest BCUT2D eigenvalue weighted by Crippen LogP contribution is 2.31. The molecule has 2 aromatic heterocycles. The van der Waals surface area contributed by atoms with E-state index in [4.69, 9.17) is 9.26 Å². The summed E-state index contributed by atoms with van der Waals surface area (Å²) in [6.07, 6.45) is 6.22. The fourth-order valence-corrected chi connectivity index (χ4v) is 3.80. The molecule has 0 amide bonds. The average Bonchev–Trinajstić information content (AvgIpc) is 3.41. The minimum absolute atomic E-state index is 0.225. The van der Waals surface area contributed by atoms with Gasteiger partial charge >= 0.3 is 5.97 Å². The van der Waals surface area contributed by atoms with Crippen LogP contribution in [0, 0.1) is 6.92 Å². The standard InChI is InChI=1S/C21H18N4O3/c1-12-17(18(24-28-12)13-6-4-3-5-7-13)20-23-22-19-16-10-14(21(26)27-2)8-9-15(16)11-25(19)20/h3-8,10-11,20,23H,9H2,1-2H3. The fraction of sp³-hybridized carbons (Fsp3) is 0.190. The van der Waals surface area contributed by atoms with Gasteiger partial charge < -0.3 is 13.8 Å². The first-order valence-corrected chi connectivity index (χ1v) is 9.02. The molecule has 0 fully saturated rings. The number of fused-ring (bicyclic) bond motifs is 3. The third-order valence-electron chi connectivity index (χ3n) is 5.19. The van der Waals surface area contributed by atoms with Crippen molar-refractivity contribution in [2.75, 3.05) is 7.11 Å². The molecule has 7 heteroatoms. The first kappa shape index (κ1) is 16.6. The van der Waals surface area contributed by atoms with E-state index in [2.05, 4.69) is 26.4 Å². The lowest BCUT2D eigenvalue weighted by atomic mass is 10.0. The van der Waals surface area contributed by atoms with Crippen LogP contribution in [-0.4, -0.2) is 22.8 Å².